The summed E-state index contributed by atoms with van der Waals surface area (Å²) in [6, 6.07) is 34.3. The third kappa shape index (κ3) is 6.56. The monoisotopic (exact) mass is 505 g/mol. The Morgan fingerprint density at radius 2 is 1.26 bits per heavy atom. The van der Waals surface area contributed by atoms with E-state index in [-0.39, 0.29) is 17.7 Å². The molecule has 5 nitrogen and oxygen atoms in total. The first-order chi connectivity index (χ1) is 16.9. The molecular formula is C28H28NO4PS. The second-order valence-electron chi connectivity index (χ2n) is 8.38. The molecule has 0 aliphatic rings. The Labute approximate surface area is 207 Å². The predicted molar refractivity (Wildman–Crippen MR) is 140 cm³/mol. The van der Waals surface area contributed by atoms with E-state index in [4.69, 9.17) is 4.52 Å². The summed E-state index contributed by atoms with van der Waals surface area (Å²) in [5.74, 6) is -1.07. The van der Waals surface area contributed by atoms with Gasteiger partial charge in [-0.2, -0.15) is 4.72 Å². The number of benzene rings is 4. The molecule has 0 radical (unpaired) electrons. The van der Waals surface area contributed by atoms with Crippen LogP contribution >= 0.6 is 7.37 Å². The fraction of sp³-hybridized carbons (Fsp3) is 0.143. The van der Waals surface area contributed by atoms with Gasteiger partial charge in [-0.25, -0.2) is 8.42 Å². The number of sulfonamides is 1. The molecular weight excluding hydrogens is 477 g/mol. The largest absolute Gasteiger partial charge is 0.322 e. The lowest BCUT2D eigenvalue weighted by Crippen LogP contribution is -2.29. The van der Waals surface area contributed by atoms with Crippen molar-refractivity contribution in [3.63, 3.8) is 0 Å². The van der Waals surface area contributed by atoms with Crippen LogP contribution in [0.1, 0.15) is 28.0 Å². The normalized spacial score (nSPS) is 14.2. The van der Waals surface area contributed by atoms with Gasteiger partial charge in [0.1, 0.15) is 5.78 Å². The maximum Gasteiger partial charge on any atom is 0.241 e. The van der Waals surface area contributed by atoms with Gasteiger partial charge in [0.25, 0.3) is 0 Å². The molecule has 4 aromatic rings. The summed E-state index contributed by atoms with van der Waals surface area (Å²) < 4.78 is 50.4. The third-order valence-electron chi connectivity index (χ3n) is 5.65. The highest BCUT2D eigenvalue weighted by atomic mass is 32.2. The zero-order valence-corrected chi connectivity index (χ0v) is 21.2. The minimum absolute atomic E-state index is 0.0800. The molecule has 0 amide bonds. The van der Waals surface area contributed by atoms with Gasteiger partial charge in [-0.15, -0.1) is 0 Å². The minimum atomic E-state index is -3.98. The lowest BCUT2D eigenvalue weighted by Gasteiger charge is -2.29. The quantitative estimate of drug-likeness (QED) is 0.244. The van der Waals surface area contributed by atoms with Crippen LogP contribution in [0.4, 0.5) is 0 Å². The summed E-state index contributed by atoms with van der Waals surface area (Å²) in [6.07, 6.45) is 0.0800. The van der Waals surface area contributed by atoms with Crippen LogP contribution < -0.4 is 4.72 Å². The van der Waals surface area contributed by atoms with E-state index in [1.807, 2.05) is 73.7 Å². The van der Waals surface area contributed by atoms with Gasteiger partial charge >= 0.3 is 0 Å². The molecule has 1 unspecified atom stereocenters. The van der Waals surface area contributed by atoms with Gasteiger partial charge in [0.15, 0.2) is 0 Å². The van der Waals surface area contributed by atoms with Gasteiger partial charge < -0.3 is 4.52 Å². The van der Waals surface area contributed by atoms with E-state index in [9.17, 15) is 13.0 Å². The molecule has 0 aromatic heterocycles. The zero-order chi connectivity index (χ0) is 24.7. The molecule has 0 saturated heterocycles. The standard InChI is InChI=1S/C28H28NO4PS/c1-23-17-19-27(20-18-23)35(31,32)29-28(26-15-9-4-10-16-26)34(30,22-25-13-7-3-8-14-25)33-21-24-11-5-2-6-12-24/h2-20,28-29H,21-22H2,1H3/t28-,34?/m1/s1. The van der Waals surface area contributed by atoms with Crippen molar-refractivity contribution in [2.75, 3.05) is 0 Å². The van der Waals surface area contributed by atoms with Crippen molar-refractivity contribution in [2.24, 2.45) is 0 Å². The van der Waals surface area contributed by atoms with Crippen LogP contribution in [-0.4, -0.2) is 8.42 Å². The summed E-state index contributed by atoms with van der Waals surface area (Å²) in [5.41, 5.74) is 3.19. The molecule has 0 fully saturated rings. The van der Waals surface area contributed by atoms with Crippen molar-refractivity contribution in [2.45, 2.75) is 30.4 Å². The van der Waals surface area contributed by atoms with Crippen LogP contribution in [0.15, 0.2) is 120 Å². The number of hydrogen-bond donors (Lipinski definition) is 1. The highest BCUT2D eigenvalue weighted by Crippen LogP contribution is 2.62. The maximum absolute atomic E-state index is 14.7. The molecule has 35 heavy (non-hydrogen) atoms. The molecule has 180 valence electrons. The van der Waals surface area contributed by atoms with Crippen LogP contribution in [-0.2, 0) is 31.9 Å². The molecule has 0 aliphatic carbocycles. The topological polar surface area (TPSA) is 72.5 Å². The van der Waals surface area contributed by atoms with Crippen molar-refractivity contribution < 1.29 is 17.5 Å². The highest BCUT2D eigenvalue weighted by Gasteiger charge is 2.39. The lowest BCUT2D eigenvalue weighted by molar-refractivity contribution is 0.293. The fourth-order valence-electron chi connectivity index (χ4n) is 3.75. The van der Waals surface area contributed by atoms with E-state index in [0.29, 0.717) is 5.56 Å². The summed E-state index contributed by atoms with van der Waals surface area (Å²) in [6.45, 7) is 1.99. The van der Waals surface area contributed by atoms with E-state index < -0.39 is 23.2 Å². The second-order valence-corrected chi connectivity index (χ2v) is 12.6. The molecule has 7 heteroatoms. The second kappa shape index (κ2) is 11.1. The van der Waals surface area contributed by atoms with Crippen molar-refractivity contribution in [1.29, 1.82) is 0 Å². The Kier molecular flexibility index (Phi) is 7.99. The molecule has 2 atom stereocenters. The van der Waals surface area contributed by atoms with E-state index >= 15 is 0 Å². The van der Waals surface area contributed by atoms with Gasteiger partial charge in [0.2, 0.25) is 17.4 Å². The van der Waals surface area contributed by atoms with Crippen molar-refractivity contribution in [3.8, 4) is 0 Å². The smallest absolute Gasteiger partial charge is 0.241 e. The SMILES string of the molecule is Cc1ccc(S(=O)(=O)N[C@@H](c2ccccc2)P(=O)(Cc2ccccc2)OCc2ccccc2)cc1. The molecule has 4 aromatic carbocycles. The van der Waals surface area contributed by atoms with Crippen molar-refractivity contribution >= 4 is 17.4 Å². The fourth-order valence-corrected chi connectivity index (χ4v) is 8.01. The first-order valence-corrected chi connectivity index (χ1v) is 14.7. The van der Waals surface area contributed by atoms with E-state index in [1.54, 1.807) is 48.5 Å². The van der Waals surface area contributed by atoms with Crippen LogP contribution in [0.5, 0.6) is 0 Å². The predicted octanol–water partition coefficient (Wildman–Crippen LogP) is 6.67. The summed E-state index contributed by atoms with van der Waals surface area (Å²) in [5, 5.41) is 0. The molecule has 0 heterocycles. The van der Waals surface area contributed by atoms with Crippen LogP contribution in [0.3, 0.4) is 0 Å². The Morgan fingerprint density at radius 1 is 0.743 bits per heavy atom. The Hall–Kier alpha value is -3.02. The average molecular weight is 506 g/mol. The molecule has 0 bridgehead atoms. The van der Waals surface area contributed by atoms with Gasteiger partial charge in [0, 0.05) is 0 Å². The third-order valence-corrected chi connectivity index (χ3v) is 9.84. The van der Waals surface area contributed by atoms with Gasteiger partial charge in [0.05, 0.1) is 17.7 Å². The first kappa shape index (κ1) is 25.1. The van der Waals surface area contributed by atoms with Gasteiger partial charge in [-0.3, -0.25) is 4.57 Å². The Morgan fingerprint density at radius 3 is 1.83 bits per heavy atom. The number of hydrogen-bond acceptors (Lipinski definition) is 4. The van der Waals surface area contributed by atoms with Crippen molar-refractivity contribution in [3.05, 3.63) is 138 Å². The van der Waals surface area contributed by atoms with Gasteiger partial charge in [-0.1, -0.05) is 109 Å². The molecule has 0 spiro atoms. The Bertz CT molecular complexity index is 1380. The highest BCUT2D eigenvalue weighted by molar-refractivity contribution is 7.89. The van der Waals surface area contributed by atoms with E-state index in [0.717, 1.165) is 16.7 Å². The number of aryl methyl sites for hydroxylation is 1. The first-order valence-electron chi connectivity index (χ1n) is 11.3. The maximum atomic E-state index is 14.7. The van der Waals surface area contributed by atoms with Gasteiger partial charge in [-0.05, 0) is 35.7 Å². The van der Waals surface area contributed by atoms with Crippen LogP contribution in [0.2, 0.25) is 0 Å². The number of nitrogens with one attached hydrogen (secondary N) is 1. The average Bonchev–Trinajstić information content (AvgIpc) is 2.88. The zero-order valence-electron chi connectivity index (χ0n) is 19.4. The molecule has 4 rings (SSSR count). The minimum Gasteiger partial charge on any atom is -0.322 e. The lowest BCUT2D eigenvalue weighted by atomic mass is 10.2. The number of rotatable bonds is 10. The summed E-state index contributed by atoms with van der Waals surface area (Å²) in [7, 11) is -7.64. The molecule has 0 saturated carbocycles. The van der Waals surface area contributed by atoms with E-state index in [1.165, 1.54) is 0 Å². The summed E-state index contributed by atoms with van der Waals surface area (Å²) in [4.78, 5) is 0.110. The van der Waals surface area contributed by atoms with Crippen molar-refractivity contribution in [1.82, 2.24) is 4.72 Å². The molecule has 0 aliphatic heterocycles. The van der Waals surface area contributed by atoms with Crippen LogP contribution in [0, 0.1) is 6.92 Å². The molecule has 1 N–H and O–H groups in total. The summed E-state index contributed by atoms with van der Waals surface area (Å²) >= 11 is 0. The Balaban J connectivity index is 1.76. The van der Waals surface area contributed by atoms with E-state index in [2.05, 4.69) is 4.72 Å². The van der Waals surface area contributed by atoms with Crippen LogP contribution in [0.25, 0.3) is 0 Å².